The zero-order valence-electron chi connectivity index (χ0n) is 3.66. The lowest BCUT2D eigenvalue weighted by Gasteiger charge is -2.04. The summed E-state index contributed by atoms with van der Waals surface area (Å²) in [4.78, 5) is 0. The summed E-state index contributed by atoms with van der Waals surface area (Å²) < 4.78 is 0. The van der Waals surface area contributed by atoms with Crippen LogP contribution < -0.4 is 10.9 Å². The molecule has 0 bridgehead atoms. The van der Waals surface area contributed by atoms with Gasteiger partial charge in [-0.15, -0.1) is 5.11 Å². The van der Waals surface area contributed by atoms with Gasteiger partial charge in [0.2, 0.25) is 0 Å². The summed E-state index contributed by atoms with van der Waals surface area (Å²) in [6, 6.07) is 0. The van der Waals surface area contributed by atoms with Crippen molar-refractivity contribution >= 4 is 0 Å². The number of nitrogens with two attached hydrogens (primary N) is 1. The predicted molar refractivity (Wildman–Crippen MR) is 22.0 cm³/mol. The van der Waals surface area contributed by atoms with Gasteiger partial charge in [-0.05, 0) is 0 Å². The van der Waals surface area contributed by atoms with E-state index < -0.39 is 0 Å². The number of hydrogen-bond donors (Lipinski definition) is 2. The van der Waals surface area contributed by atoms with Gasteiger partial charge in [0.25, 0.3) is 0 Å². The molecule has 0 saturated carbocycles. The van der Waals surface area contributed by atoms with Crippen LogP contribution in [-0.2, 0) is 0 Å². The number of rotatable bonds is 0. The second kappa shape index (κ2) is 1.53. The lowest BCUT2D eigenvalue weighted by Crippen LogP contribution is -3.01. The molecule has 0 aromatic carbocycles. The molecule has 5 heteroatoms. The van der Waals surface area contributed by atoms with E-state index in [9.17, 15) is 5.21 Å². The Morgan fingerprint density at radius 1 is 1.86 bits per heavy atom. The van der Waals surface area contributed by atoms with Crippen LogP contribution in [0.1, 0.15) is 0 Å². The van der Waals surface area contributed by atoms with E-state index in [1.165, 1.54) is 0 Å². The molecule has 7 heavy (non-hydrogen) atoms. The molecule has 40 valence electrons. The molecule has 0 aromatic rings. The first-order valence-electron chi connectivity index (χ1n) is 1.98. The fraction of sp³-hybridized carbons (Fsp3) is 1.00. The average Bonchev–Trinajstić information content (AvgIpc) is 1.87. The molecule has 1 heterocycles. The highest BCUT2D eigenvalue weighted by Crippen LogP contribution is 1.80. The standard InChI is InChI=1S/C2H6N4O/c3-2-1-6(7)5-4-2/h2,6H,1,3H2. The minimum atomic E-state index is -0.368. The summed E-state index contributed by atoms with van der Waals surface area (Å²) in [6.45, 7) is 0.278. The van der Waals surface area contributed by atoms with E-state index in [0.29, 0.717) is 0 Å². The first-order chi connectivity index (χ1) is 3.29. The maximum absolute atomic E-state index is 10.1. The van der Waals surface area contributed by atoms with Crippen molar-refractivity contribution in [2.45, 2.75) is 6.17 Å². The van der Waals surface area contributed by atoms with Gasteiger partial charge >= 0.3 is 0 Å². The Bertz CT molecular complexity index is 81.7. The average molecular weight is 102 g/mol. The molecule has 5 nitrogen and oxygen atoms in total. The second-order valence-corrected chi connectivity index (χ2v) is 1.38. The molecule has 0 aliphatic carbocycles. The van der Waals surface area contributed by atoms with Crippen molar-refractivity contribution in [1.29, 1.82) is 0 Å². The van der Waals surface area contributed by atoms with Crippen molar-refractivity contribution in [3.05, 3.63) is 5.21 Å². The van der Waals surface area contributed by atoms with Crippen LogP contribution in [0.4, 0.5) is 0 Å². The zero-order valence-corrected chi connectivity index (χ0v) is 3.66. The summed E-state index contributed by atoms with van der Waals surface area (Å²) in [5.41, 5.74) is 5.14. The van der Waals surface area contributed by atoms with E-state index in [2.05, 4.69) is 10.3 Å². The molecule has 2 unspecified atom stereocenters. The van der Waals surface area contributed by atoms with Crippen LogP contribution in [0.5, 0.6) is 0 Å². The van der Waals surface area contributed by atoms with Crippen molar-refractivity contribution in [2.24, 2.45) is 16.1 Å². The molecular weight excluding hydrogens is 96.0 g/mol. The van der Waals surface area contributed by atoms with Crippen LogP contribution in [-0.4, -0.2) is 12.7 Å². The molecule has 1 aliphatic heterocycles. The molecule has 0 spiro atoms. The van der Waals surface area contributed by atoms with Gasteiger partial charge in [-0.3, -0.25) is 0 Å². The lowest BCUT2D eigenvalue weighted by atomic mass is 10.6. The molecule has 2 atom stereocenters. The van der Waals surface area contributed by atoms with Crippen LogP contribution in [0.25, 0.3) is 0 Å². The number of nitrogens with zero attached hydrogens (tertiary/aromatic N) is 2. The Balaban J connectivity index is 2.42. The highest BCUT2D eigenvalue weighted by atomic mass is 16.5. The number of quaternary nitrogens is 1. The van der Waals surface area contributed by atoms with Crippen molar-refractivity contribution in [1.82, 2.24) is 0 Å². The first-order valence-corrected chi connectivity index (χ1v) is 1.98. The fourth-order valence-electron chi connectivity index (χ4n) is 0.399. The van der Waals surface area contributed by atoms with E-state index >= 15 is 0 Å². The van der Waals surface area contributed by atoms with E-state index in [4.69, 9.17) is 5.73 Å². The highest BCUT2D eigenvalue weighted by Gasteiger charge is 2.11. The summed E-state index contributed by atoms with van der Waals surface area (Å²) in [7, 11) is 0. The van der Waals surface area contributed by atoms with Gasteiger partial charge in [-0.25, -0.2) is 5.17 Å². The van der Waals surface area contributed by atoms with Crippen LogP contribution in [0.3, 0.4) is 0 Å². The minimum absolute atomic E-state index is 0.215. The molecule has 0 fully saturated rings. The summed E-state index contributed by atoms with van der Waals surface area (Å²) in [5, 5.41) is 16.4. The van der Waals surface area contributed by atoms with Gasteiger partial charge < -0.3 is 10.9 Å². The maximum Gasteiger partial charge on any atom is 0.176 e. The maximum atomic E-state index is 10.1. The first kappa shape index (κ1) is 4.63. The van der Waals surface area contributed by atoms with E-state index in [1.54, 1.807) is 0 Å². The van der Waals surface area contributed by atoms with Crippen LogP contribution >= 0.6 is 0 Å². The highest BCUT2D eigenvalue weighted by molar-refractivity contribution is 4.51. The Morgan fingerprint density at radius 3 is 2.71 bits per heavy atom. The summed E-state index contributed by atoms with van der Waals surface area (Å²) in [6.07, 6.45) is -0.368. The molecule has 1 rings (SSSR count). The molecule has 1 aliphatic rings. The topological polar surface area (TPSA) is 78.2 Å². The summed E-state index contributed by atoms with van der Waals surface area (Å²) >= 11 is 0. The normalized spacial score (nSPS) is 39.7. The molecular formula is C2H6N4O. The van der Waals surface area contributed by atoms with Gasteiger partial charge in [0, 0.05) is 5.22 Å². The third-order valence-corrected chi connectivity index (χ3v) is 0.701. The van der Waals surface area contributed by atoms with E-state index in [0.717, 1.165) is 0 Å². The minimum Gasteiger partial charge on any atom is -0.605 e. The summed E-state index contributed by atoms with van der Waals surface area (Å²) in [5.74, 6) is 0. The van der Waals surface area contributed by atoms with Crippen molar-refractivity contribution in [3.8, 4) is 0 Å². The lowest BCUT2D eigenvalue weighted by molar-refractivity contribution is -0.850. The number of hydroxylamine groups is 1. The third kappa shape index (κ3) is 0.923. The SMILES string of the molecule is NC1C[NH+]([O-])N=N1. The molecule has 3 N–H and O–H groups in total. The van der Waals surface area contributed by atoms with Crippen molar-refractivity contribution in [3.63, 3.8) is 0 Å². The Morgan fingerprint density at radius 2 is 2.57 bits per heavy atom. The smallest absolute Gasteiger partial charge is 0.176 e. The largest absolute Gasteiger partial charge is 0.605 e. The van der Waals surface area contributed by atoms with E-state index in [1.807, 2.05) is 0 Å². The molecule has 0 amide bonds. The monoisotopic (exact) mass is 102 g/mol. The Hall–Kier alpha value is -0.520. The van der Waals surface area contributed by atoms with Crippen LogP contribution in [0.15, 0.2) is 10.3 Å². The van der Waals surface area contributed by atoms with Gasteiger partial charge in [-0.1, -0.05) is 0 Å². The van der Waals surface area contributed by atoms with Gasteiger partial charge in [0.15, 0.2) is 6.17 Å². The Labute approximate surface area is 40.4 Å². The van der Waals surface area contributed by atoms with E-state index in [-0.39, 0.29) is 17.9 Å². The second-order valence-electron chi connectivity index (χ2n) is 1.38. The van der Waals surface area contributed by atoms with Gasteiger partial charge in [0.05, 0.1) is 0 Å². The molecule has 0 saturated heterocycles. The quantitative estimate of drug-likeness (QED) is 0.348. The van der Waals surface area contributed by atoms with Crippen molar-refractivity contribution < 1.29 is 5.17 Å². The zero-order chi connectivity index (χ0) is 5.28. The van der Waals surface area contributed by atoms with Gasteiger partial charge in [-0.2, -0.15) is 0 Å². The van der Waals surface area contributed by atoms with Gasteiger partial charge in [0.1, 0.15) is 6.54 Å². The number of hydrogen-bond acceptors (Lipinski definition) is 4. The predicted octanol–water partition coefficient (Wildman–Crippen LogP) is -1.97. The fourth-order valence-corrected chi connectivity index (χ4v) is 0.399. The Kier molecular flexibility index (Phi) is 1.01. The third-order valence-electron chi connectivity index (χ3n) is 0.701. The van der Waals surface area contributed by atoms with Crippen LogP contribution in [0.2, 0.25) is 0 Å². The number of nitrogens with one attached hydrogen (secondary N) is 1. The van der Waals surface area contributed by atoms with Crippen molar-refractivity contribution in [2.75, 3.05) is 6.54 Å². The molecule has 0 radical (unpaired) electrons. The van der Waals surface area contributed by atoms with Crippen LogP contribution in [0, 0.1) is 5.21 Å². The molecule has 0 aromatic heterocycles.